The zero-order chi connectivity index (χ0) is 11.4. The minimum atomic E-state index is -0.251. The average molecular weight is 247 g/mol. The predicted octanol–water partition coefficient (Wildman–Crippen LogP) is 3.66. The molecule has 0 aliphatic rings. The van der Waals surface area contributed by atoms with E-state index >= 15 is 0 Å². The van der Waals surface area contributed by atoms with Gasteiger partial charge in [-0.05, 0) is 17.5 Å². The first-order chi connectivity index (χ1) is 7.06. The van der Waals surface area contributed by atoms with Gasteiger partial charge in [0.1, 0.15) is 0 Å². The first kappa shape index (κ1) is 12.3. The van der Waals surface area contributed by atoms with E-state index in [0.29, 0.717) is 16.5 Å². The van der Waals surface area contributed by atoms with Crippen molar-refractivity contribution in [3.63, 3.8) is 0 Å². The van der Waals surface area contributed by atoms with Gasteiger partial charge in [-0.15, -0.1) is 0 Å². The Kier molecular flexibility index (Phi) is 4.43. The normalized spacial score (nSPS) is 12.3. The largest absolute Gasteiger partial charge is 0.469 e. The molecule has 0 heterocycles. The minimum absolute atomic E-state index is 0.00338. The summed E-state index contributed by atoms with van der Waals surface area (Å²) >= 11 is 11.9. The third-order valence-electron chi connectivity index (χ3n) is 2.21. The summed E-state index contributed by atoms with van der Waals surface area (Å²) in [6, 6.07) is 5.40. The second kappa shape index (κ2) is 5.38. The molecule has 0 radical (unpaired) electrons. The maximum absolute atomic E-state index is 11.1. The van der Waals surface area contributed by atoms with Crippen molar-refractivity contribution in [3.05, 3.63) is 33.8 Å². The van der Waals surface area contributed by atoms with Crippen LogP contribution in [0.1, 0.15) is 24.8 Å². The molecule has 1 atom stereocenters. The summed E-state index contributed by atoms with van der Waals surface area (Å²) in [6.45, 7) is 1.91. The highest BCUT2D eigenvalue weighted by Crippen LogP contribution is 2.32. The van der Waals surface area contributed by atoms with E-state index in [2.05, 4.69) is 4.74 Å². The van der Waals surface area contributed by atoms with Crippen molar-refractivity contribution in [3.8, 4) is 0 Å². The first-order valence-electron chi connectivity index (χ1n) is 4.57. The maximum Gasteiger partial charge on any atom is 0.306 e. The van der Waals surface area contributed by atoms with E-state index in [-0.39, 0.29) is 11.9 Å². The van der Waals surface area contributed by atoms with Crippen LogP contribution >= 0.6 is 23.2 Å². The molecule has 0 aliphatic carbocycles. The van der Waals surface area contributed by atoms with Crippen molar-refractivity contribution >= 4 is 29.2 Å². The van der Waals surface area contributed by atoms with Crippen LogP contribution in [0.15, 0.2) is 18.2 Å². The smallest absolute Gasteiger partial charge is 0.306 e. The third kappa shape index (κ3) is 3.11. The Morgan fingerprint density at radius 2 is 2.13 bits per heavy atom. The maximum atomic E-state index is 11.1. The van der Waals surface area contributed by atoms with Gasteiger partial charge in [0, 0.05) is 0 Å². The fraction of sp³-hybridized carbons (Fsp3) is 0.364. The molecular formula is C11H12Cl2O2. The monoisotopic (exact) mass is 246 g/mol. The van der Waals surface area contributed by atoms with E-state index in [9.17, 15) is 4.79 Å². The van der Waals surface area contributed by atoms with Crippen LogP contribution in [-0.2, 0) is 9.53 Å². The Balaban J connectivity index is 2.86. The molecule has 0 fully saturated rings. The molecule has 82 valence electrons. The lowest BCUT2D eigenvalue weighted by atomic mass is 9.98. The zero-order valence-corrected chi connectivity index (χ0v) is 10.1. The lowest BCUT2D eigenvalue weighted by Gasteiger charge is -2.12. The number of rotatable bonds is 3. The summed E-state index contributed by atoms with van der Waals surface area (Å²) in [6.07, 6.45) is 0.302. The van der Waals surface area contributed by atoms with Gasteiger partial charge in [0.25, 0.3) is 0 Å². The quantitative estimate of drug-likeness (QED) is 0.762. The summed E-state index contributed by atoms with van der Waals surface area (Å²) in [5, 5.41) is 1.02. The highest BCUT2D eigenvalue weighted by Gasteiger charge is 2.15. The Hall–Kier alpha value is -0.730. The van der Waals surface area contributed by atoms with Crippen molar-refractivity contribution in [1.82, 2.24) is 0 Å². The topological polar surface area (TPSA) is 26.3 Å². The molecule has 0 aromatic heterocycles. The minimum Gasteiger partial charge on any atom is -0.469 e. The molecule has 0 amide bonds. The zero-order valence-electron chi connectivity index (χ0n) is 8.59. The van der Waals surface area contributed by atoms with Crippen molar-refractivity contribution in [2.45, 2.75) is 19.3 Å². The number of hydrogen-bond acceptors (Lipinski definition) is 2. The lowest BCUT2D eigenvalue weighted by molar-refractivity contribution is -0.140. The van der Waals surface area contributed by atoms with E-state index in [0.717, 1.165) is 5.56 Å². The molecule has 0 aliphatic heterocycles. The summed E-state index contributed by atoms with van der Waals surface area (Å²) < 4.78 is 4.60. The Morgan fingerprint density at radius 3 is 2.73 bits per heavy atom. The van der Waals surface area contributed by atoms with Gasteiger partial charge in [0.05, 0.1) is 23.6 Å². The third-order valence-corrected chi connectivity index (χ3v) is 3.05. The molecular weight excluding hydrogens is 235 g/mol. The highest BCUT2D eigenvalue weighted by molar-refractivity contribution is 6.42. The summed E-state index contributed by atoms with van der Waals surface area (Å²) in [4.78, 5) is 11.1. The van der Waals surface area contributed by atoms with Gasteiger partial charge in [0.15, 0.2) is 0 Å². The Labute approximate surface area is 99.1 Å². The molecule has 1 rings (SSSR count). The second-order valence-corrected chi connectivity index (χ2v) is 4.11. The molecule has 0 saturated carbocycles. The highest BCUT2D eigenvalue weighted by atomic mass is 35.5. The molecule has 0 N–H and O–H groups in total. The van der Waals surface area contributed by atoms with Gasteiger partial charge in [-0.2, -0.15) is 0 Å². The Bertz CT molecular complexity index is 364. The molecule has 4 heteroatoms. The number of hydrogen-bond donors (Lipinski definition) is 0. The number of carbonyl (C=O) groups is 1. The van der Waals surface area contributed by atoms with Gasteiger partial charge in [0.2, 0.25) is 0 Å². The van der Waals surface area contributed by atoms with Gasteiger partial charge < -0.3 is 4.74 Å². The Morgan fingerprint density at radius 1 is 1.47 bits per heavy atom. The molecule has 1 aromatic rings. The number of halogens is 2. The van der Waals surface area contributed by atoms with Crippen LogP contribution in [0.25, 0.3) is 0 Å². The second-order valence-electron chi connectivity index (χ2n) is 3.32. The van der Waals surface area contributed by atoms with Crippen LogP contribution in [0, 0.1) is 0 Å². The van der Waals surface area contributed by atoms with E-state index < -0.39 is 0 Å². The standard InChI is InChI=1S/C11H12Cl2O2/c1-7(6-10(14)15-2)8-4-3-5-9(12)11(8)13/h3-5,7H,6H2,1-2H3. The molecule has 15 heavy (non-hydrogen) atoms. The summed E-state index contributed by atoms with van der Waals surface area (Å²) in [5.41, 5.74) is 0.870. The van der Waals surface area contributed by atoms with Crippen LogP contribution in [0.4, 0.5) is 0 Å². The molecule has 0 bridgehead atoms. The number of ether oxygens (including phenoxy) is 1. The van der Waals surface area contributed by atoms with Crippen molar-refractivity contribution in [2.75, 3.05) is 7.11 Å². The first-order valence-corrected chi connectivity index (χ1v) is 5.32. The van der Waals surface area contributed by atoms with Crippen LogP contribution < -0.4 is 0 Å². The number of benzene rings is 1. The average Bonchev–Trinajstić information content (AvgIpc) is 2.21. The molecule has 0 spiro atoms. The summed E-state index contributed by atoms with van der Waals surface area (Å²) in [7, 11) is 1.37. The number of esters is 1. The van der Waals surface area contributed by atoms with Gasteiger partial charge in [-0.1, -0.05) is 42.3 Å². The van der Waals surface area contributed by atoms with E-state index in [1.165, 1.54) is 7.11 Å². The van der Waals surface area contributed by atoms with Crippen molar-refractivity contribution in [2.24, 2.45) is 0 Å². The SMILES string of the molecule is COC(=O)CC(C)c1cccc(Cl)c1Cl. The van der Waals surface area contributed by atoms with Crippen molar-refractivity contribution in [1.29, 1.82) is 0 Å². The van der Waals surface area contributed by atoms with Gasteiger partial charge >= 0.3 is 5.97 Å². The molecule has 1 aromatic carbocycles. The van der Waals surface area contributed by atoms with E-state index in [1.807, 2.05) is 19.1 Å². The fourth-order valence-corrected chi connectivity index (χ4v) is 1.84. The van der Waals surface area contributed by atoms with E-state index in [4.69, 9.17) is 23.2 Å². The summed E-state index contributed by atoms with van der Waals surface area (Å²) in [5.74, 6) is -0.248. The lowest BCUT2D eigenvalue weighted by Crippen LogP contribution is -2.06. The van der Waals surface area contributed by atoms with Gasteiger partial charge in [-0.3, -0.25) is 4.79 Å². The number of carbonyl (C=O) groups excluding carboxylic acids is 1. The van der Waals surface area contributed by atoms with Gasteiger partial charge in [-0.25, -0.2) is 0 Å². The molecule has 1 unspecified atom stereocenters. The fourth-order valence-electron chi connectivity index (χ4n) is 1.34. The van der Waals surface area contributed by atoms with Crippen molar-refractivity contribution < 1.29 is 9.53 Å². The molecule has 0 saturated heterocycles. The van der Waals surface area contributed by atoms with Crippen LogP contribution in [0.3, 0.4) is 0 Å². The molecule has 2 nitrogen and oxygen atoms in total. The van der Waals surface area contributed by atoms with Crippen LogP contribution in [0.2, 0.25) is 10.0 Å². The van der Waals surface area contributed by atoms with Crippen LogP contribution in [-0.4, -0.2) is 13.1 Å². The van der Waals surface area contributed by atoms with Crippen LogP contribution in [0.5, 0.6) is 0 Å². The predicted molar refractivity (Wildman–Crippen MR) is 61.5 cm³/mol. The van der Waals surface area contributed by atoms with E-state index in [1.54, 1.807) is 6.07 Å². The number of methoxy groups -OCH3 is 1.